The minimum Gasteiger partial charge on any atom is -0.466 e. The molecule has 2 fully saturated rings. The molecule has 0 spiro atoms. The quantitative estimate of drug-likeness (QED) is 0.629. The number of esters is 1. The van der Waals surface area contributed by atoms with Gasteiger partial charge in [-0.2, -0.15) is 0 Å². The molecular weight excluding hydrogens is 421 g/mol. The zero-order valence-electron chi connectivity index (χ0n) is 16.5. The molecule has 1 aromatic rings. The monoisotopic (exact) mass is 447 g/mol. The number of carbonyl (C=O) groups is 1. The average Bonchev–Trinajstić information content (AvgIpc) is 3.00. The van der Waals surface area contributed by atoms with Crippen molar-refractivity contribution in [2.75, 3.05) is 31.2 Å². The summed E-state index contributed by atoms with van der Waals surface area (Å²) in [4.78, 5) is 13.3. The Balaban J connectivity index is 1.85. The topological polar surface area (TPSA) is 97.8 Å². The first-order valence-electron chi connectivity index (χ1n) is 9.66. The number of benzene rings is 1. The van der Waals surface area contributed by atoms with Crippen LogP contribution in [-0.4, -0.2) is 70.2 Å². The number of nitrogens with zero attached hydrogens (tertiary/aromatic N) is 1. The van der Waals surface area contributed by atoms with Crippen molar-refractivity contribution >= 4 is 25.6 Å². The van der Waals surface area contributed by atoms with Crippen molar-refractivity contribution in [2.24, 2.45) is 5.92 Å². The second kappa shape index (κ2) is 8.31. The minimum atomic E-state index is -4.19. The first kappa shape index (κ1) is 22.2. The number of aryl methyl sites for hydroxylation is 1. The van der Waals surface area contributed by atoms with Crippen molar-refractivity contribution < 1.29 is 30.8 Å². The predicted molar refractivity (Wildman–Crippen MR) is 105 cm³/mol. The molecule has 2 saturated heterocycles. The van der Waals surface area contributed by atoms with E-state index in [2.05, 4.69) is 0 Å². The molecule has 2 aliphatic rings. The first-order chi connectivity index (χ1) is 13.5. The third-order valence-corrected chi connectivity index (χ3v) is 9.81. The van der Waals surface area contributed by atoms with E-state index in [-0.39, 0.29) is 17.6 Å². The Morgan fingerprint density at radius 2 is 1.90 bits per heavy atom. The fourth-order valence-corrected chi connectivity index (χ4v) is 9.13. The molecule has 1 aromatic carbocycles. The largest absolute Gasteiger partial charge is 0.466 e. The van der Waals surface area contributed by atoms with Crippen LogP contribution in [0.15, 0.2) is 23.1 Å². The molecule has 10 heteroatoms. The van der Waals surface area contributed by atoms with Crippen molar-refractivity contribution in [3.63, 3.8) is 0 Å². The van der Waals surface area contributed by atoms with E-state index in [0.717, 1.165) is 6.07 Å². The van der Waals surface area contributed by atoms with Crippen LogP contribution in [0, 0.1) is 18.7 Å². The fourth-order valence-electron chi connectivity index (χ4n) is 4.15. The highest BCUT2D eigenvalue weighted by atomic mass is 32.2. The van der Waals surface area contributed by atoms with Gasteiger partial charge in [0.1, 0.15) is 10.7 Å². The molecule has 0 aliphatic carbocycles. The fraction of sp³-hybridized carbons (Fsp3) is 0.632. The highest BCUT2D eigenvalue weighted by molar-refractivity contribution is 7.96. The van der Waals surface area contributed by atoms with Crippen LogP contribution in [-0.2, 0) is 29.2 Å². The van der Waals surface area contributed by atoms with Crippen LogP contribution in [0.2, 0.25) is 0 Å². The number of rotatable bonds is 5. The number of ether oxygens (including phenoxy) is 1. The Kier molecular flexibility index (Phi) is 6.35. The van der Waals surface area contributed by atoms with Gasteiger partial charge in [-0.1, -0.05) is 6.07 Å². The van der Waals surface area contributed by atoms with E-state index in [1.165, 1.54) is 12.1 Å². The molecule has 7 nitrogen and oxygen atoms in total. The summed E-state index contributed by atoms with van der Waals surface area (Å²) in [5, 5.41) is -1.23. The third kappa shape index (κ3) is 4.64. The van der Waals surface area contributed by atoms with Crippen molar-refractivity contribution in [3.05, 3.63) is 29.6 Å². The molecule has 0 bridgehead atoms. The smallest absolute Gasteiger partial charge is 0.309 e. The van der Waals surface area contributed by atoms with Crippen LogP contribution >= 0.6 is 0 Å². The Morgan fingerprint density at radius 1 is 1.24 bits per heavy atom. The number of carbonyl (C=O) groups excluding carboxylic acids is 1. The Hall–Kier alpha value is -1.52. The molecule has 0 N–H and O–H groups in total. The summed E-state index contributed by atoms with van der Waals surface area (Å²) in [5.74, 6) is -2.23. The van der Waals surface area contributed by atoms with Crippen LogP contribution in [0.25, 0.3) is 0 Å². The van der Waals surface area contributed by atoms with Crippen LogP contribution in [0.5, 0.6) is 0 Å². The van der Waals surface area contributed by atoms with Gasteiger partial charge in [-0.3, -0.25) is 9.69 Å². The van der Waals surface area contributed by atoms with Crippen LogP contribution in [0.1, 0.15) is 25.3 Å². The number of halogens is 1. The number of likely N-dealkylation sites (tertiary alicyclic amines) is 1. The standard InChI is InChI=1S/C19H26FNO6S2/c1-3-27-19(22)14-6-8-21(9-7-14)16-11-28(23,24)12-18(16)29(25,26)17-10-13(2)4-5-15(17)20/h4-5,10,14,16,18H,3,6-9,11-12H2,1-2H3/t16-,18-/m0/s1. The van der Waals surface area contributed by atoms with E-state index in [9.17, 15) is 26.0 Å². The van der Waals surface area contributed by atoms with Crippen LogP contribution < -0.4 is 0 Å². The van der Waals surface area contributed by atoms with Gasteiger partial charge in [0, 0.05) is 6.04 Å². The summed E-state index contributed by atoms with van der Waals surface area (Å²) < 4.78 is 70.4. The van der Waals surface area contributed by atoms with Gasteiger partial charge in [0.05, 0.1) is 29.3 Å². The maximum Gasteiger partial charge on any atom is 0.309 e. The summed E-state index contributed by atoms with van der Waals surface area (Å²) >= 11 is 0. The predicted octanol–water partition coefficient (Wildman–Crippen LogP) is 1.35. The van der Waals surface area contributed by atoms with Gasteiger partial charge < -0.3 is 4.74 Å². The molecule has 0 amide bonds. The van der Waals surface area contributed by atoms with Gasteiger partial charge in [-0.25, -0.2) is 21.2 Å². The van der Waals surface area contributed by atoms with Crippen molar-refractivity contribution in [3.8, 4) is 0 Å². The molecule has 162 valence electrons. The van der Waals surface area contributed by atoms with Crippen molar-refractivity contribution in [1.29, 1.82) is 0 Å². The average molecular weight is 448 g/mol. The van der Waals surface area contributed by atoms with E-state index < -0.39 is 47.4 Å². The third-order valence-electron chi connectivity index (χ3n) is 5.68. The number of piperidine rings is 1. The summed E-state index contributed by atoms with van der Waals surface area (Å²) in [6.07, 6.45) is 0.946. The SMILES string of the molecule is CCOC(=O)C1CCN([C@H]2CS(=O)(=O)C[C@@H]2S(=O)(=O)c2cc(C)ccc2F)CC1. The van der Waals surface area contributed by atoms with Crippen LogP contribution in [0.4, 0.5) is 4.39 Å². The number of sulfone groups is 2. The number of hydrogen-bond acceptors (Lipinski definition) is 7. The summed E-state index contributed by atoms with van der Waals surface area (Å²) in [7, 11) is -7.77. The van der Waals surface area contributed by atoms with Gasteiger partial charge in [0.25, 0.3) is 0 Å². The Bertz CT molecular complexity index is 984. The number of hydrogen-bond donors (Lipinski definition) is 0. The molecule has 29 heavy (non-hydrogen) atoms. The Labute approximate surface area is 171 Å². The zero-order valence-corrected chi connectivity index (χ0v) is 18.1. The van der Waals surface area contributed by atoms with Crippen molar-refractivity contribution in [1.82, 2.24) is 4.90 Å². The van der Waals surface area contributed by atoms with E-state index >= 15 is 0 Å². The molecular formula is C19H26FNO6S2. The molecule has 0 saturated carbocycles. The minimum absolute atomic E-state index is 0.270. The lowest BCUT2D eigenvalue weighted by Crippen LogP contribution is -2.50. The second-order valence-electron chi connectivity index (χ2n) is 7.72. The Morgan fingerprint density at radius 3 is 2.52 bits per heavy atom. The maximum absolute atomic E-state index is 14.3. The summed E-state index contributed by atoms with van der Waals surface area (Å²) in [5.41, 5.74) is 0.581. The maximum atomic E-state index is 14.3. The highest BCUT2D eigenvalue weighted by Crippen LogP contribution is 2.33. The lowest BCUT2D eigenvalue weighted by molar-refractivity contribution is -0.149. The zero-order chi connectivity index (χ0) is 21.4. The van der Waals surface area contributed by atoms with Gasteiger partial charge in [-0.05, 0) is 57.5 Å². The molecule has 0 unspecified atom stereocenters. The highest BCUT2D eigenvalue weighted by Gasteiger charge is 2.49. The normalized spacial score (nSPS) is 25.8. The van der Waals surface area contributed by atoms with E-state index in [1.54, 1.807) is 13.8 Å². The lowest BCUT2D eigenvalue weighted by atomic mass is 9.95. The van der Waals surface area contributed by atoms with Gasteiger partial charge in [-0.15, -0.1) is 0 Å². The van der Waals surface area contributed by atoms with E-state index in [1.807, 2.05) is 4.90 Å². The lowest BCUT2D eigenvalue weighted by Gasteiger charge is -2.36. The molecule has 2 heterocycles. The first-order valence-corrected chi connectivity index (χ1v) is 13.0. The van der Waals surface area contributed by atoms with E-state index in [4.69, 9.17) is 4.74 Å². The molecule has 3 rings (SSSR count). The molecule has 2 aliphatic heterocycles. The van der Waals surface area contributed by atoms with Crippen molar-refractivity contribution in [2.45, 2.75) is 42.9 Å². The van der Waals surface area contributed by atoms with Gasteiger partial charge >= 0.3 is 5.97 Å². The second-order valence-corrected chi connectivity index (χ2v) is 12.0. The van der Waals surface area contributed by atoms with Crippen LogP contribution in [0.3, 0.4) is 0 Å². The van der Waals surface area contributed by atoms with Gasteiger partial charge in [0.2, 0.25) is 0 Å². The molecule has 0 aromatic heterocycles. The van der Waals surface area contributed by atoms with E-state index in [0.29, 0.717) is 38.1 Å². The molecule has 2 atom stereocenters. The molecule has 0 radical (unpaired) electrons. The summed E-state index contributed by atoms with van der Waals surface area (Å²) in [6.45, 7) is 4.47. The summed E-state index contributed by atoms with van der Waals surface area (Å²) in [6, 6.07) is 3.05. The van der Waals surface area contributed by atoms with Gasteiger partial charge in [0.15, 0.2) is 19.7 Å².